The van der Waals surface area contributed by atoms with Crippen molar-refractivity contribution < 1.29 is 14.3 Å². The largest absolute Gasteiger partial charge is 0.453 e. The summed E-state index contributed by atoms with van der Waals surface area (Å²) in [7, 11) is 1.33. The van der Waals surface area contributed by atoms with Crippen LogP contribution in [0.5, 0.6) is 0 Å². The van der Waals surface area contributed by atoms with Crippen LogP contribution in [0.3, 0.4) is 0 Å². The minimum absolute atomic E-state index is 0.153. The summed E-state index contributed by atoms with van der Waals surface area (Å²) in [4.78, 5) is 25.4. The maximum absolute atomic E-state index is 12.3. The van der Waals surface area contributed by atoms with Crippen LogP contribution in [0.2, 0.25) is 0 Å². The van der Waals surface area contributed by atoms with Crippen LogP contribution in [0.1, 0.15) is 24.0 Å². The molecule has 20 heavy (non-hydrogen) atoms. The van der Waals surface area contributed by atoms with Gasteiger partial charge in [0.15, 0.2) is 0 Å². The van der Waals surface area contributed by atoms with Gasteiger partial charge in [0.25, 0.3) is 0 Å². The van der Waals surface area contributed by atoms with Crippen molar-refractivity contribution in [2.75, 3.05) is 19.0 Å². The first-order chi connectivity index (χ1) is 9.52. The molecule has 0 aliphatic carbocycles. The molecule has 1 aliphatic rings. The Hall–Kier alpha value is -2.04. The Balaban J connectivity index is 2.09. The van der Waals surface area contributed by atoms with Crippen LogP contribution in [0.25, 0.3) is 0 Å². The average molecular weight is 276 g/mol. The molecule has 0 spiro atoms. The Kier molecular flexibility index (Phi) is 4.27. The fourth-order valence-electron chi connectivity index (χ4n) is 2.54. The van der Waals surface area contributed by atoms with Gasteiger partial charge in [-0.3, -0.25) is 9.69 Å². The number of methoxy groups -OCH3 is 1. The summed E-state index contributed by atoms with van der Waals surface area (Å²) >= 11 is 0. The van der Waals surface area contributed by atoms with Gasteiger partial charge in [-0.1, -0.05) is 17.7 Å². The molecule has 108 valence electrons. The van der Waals surface area contributed by atoms with Crippen molar-refractivity contribution in [2.45, 2.75) is 32.7 Å². The Morgan fingerprint density at radius 3 is 2.75 bits per heavy atom. The molecule has 1 N–H and O–H groups in total. The van der Waals surface area contributed by atoms with Crippen molar-refractivity contribution in [3.05, 3.63) is 29.3 Å². The number of aryl methyl sites for hydroxylation is 2. The summed E-state index contributed by atoms with van der Waals surface area (Å²) in [6.45, 7) is 4.53. The van der Waals surface area contributed by atoms with Gasteiger partial charge in [-0.05, 0) is 38.3 Å². The number of amides is 2. The second-order valence-corrected chi connectivity index (χ2v) is 5.13. The van der Waals surface area contributed by atoms with E-state index in [0.717, 1.165) is 23.2 Å². The zero-order valence-electron chi connectivity index (χ0n) is 12.1. The summed E-state index contributed by atoms with van der Waals surface area (Å²) in [6, 6.07) is 5.42. The first-order valence-electron chi connectivity index (χ1n) is 6.75. The standard InChI is InChI=1S/C15H20N2O3/c1-10-6-7-12(11(2)9-10)16-14(18)13-5-4-8-17(13)15(19)20-3/h6-7,9,13H,4-5,8H2,1-3H3,(H,16,18). The van der Waals surface area contributed by atoms with Crippen LogP contribution in [0.4, 0.5) is 10.5 Å². The van der Waals surface area contributed by atoms with Gasteiger partial charge in [0.05, 0.1) is 7.11 Å². The highest BCUT2D eigenvalue weighted by atomic mass is 16.5. The van der Waals surface area contributed by atoms with Gasteiger partial charge >= 0.3 is 6.09 Å². The Morgan fingerprint density at radius 2 is 2.10 bits per heavy atom. The average Bonchev–Trinajstić information content (AvgIpc) is 2.90. The number of nitrogens with one attached hydrogen (secondary N) is 1. The maximum atomic E-state index is 12.3. The first kappa shape index (κ1) is 14.4. The van der Waals surface area contributed by atoms with Gasteiger partial charge in [-0.25, -0.2) is 4.79 Å². The molecule has 1 atom stereocenters. The summed E-state index contributed by atoms with van der Waals surface area (Å²) < 4.78 is 4.71. The van der Waals surface area contributed by atoms with Crippen LogP contribution in [-0.2, 0) is 9.53 Å². The number of carbonyl (C=O) groups excluding carboxylic acids is 2. The van der Waals surface area contributed by atoms with Crippen LogP contribution < -0.4 is 5.32 Å². The minimum Gasteiger partial charge on any atom is -0.453 e. The monoisotopic (exact) mass is 276 g/mol. The third kappa shape index (κ3) is 2.92. The molecule has 0 saturated carbocycles. The van der Waals surface area contributed by atoms with Crippen molar-refractivity contribution in [1.29, 1.82) is 0 Å². The van der Waals surface area contributed by atoms with Gasteiger partial charge in [0.1, 0.15) is 6.04 Å². The van der Waals surface area contributed by atoms with Crippen LogP contribution in [-0.4, -0.2) is 36.6 Å². The lowest BCUT2D eigenvalue weighted by atomic mass is 10.1. The third-order valence-corrected chi connectivity index (χ3v) is 3.60. The second-order valence-electron chi connectivity index (χ2n) is 5.13. The molecule has 1 aromatic rings. The molecule has 2 amide bonds. The molecule has 1 heterocycles. The summed E-state index contributed by atoms with van der Waals surface area (Å²) in [6.07, 6.45) is 1.05. The van der Waals surface area contributed by atoms with E-state index >= 15 is 0 Å². The molecule has 1 saturated heterocycles. The normalized spacial score (nSPS) is 17.9. The zero-order chi connectivity index (χ0) is 14.7. The molecule has 1 aromatic carbocycles. The predicted molar refractivity (Wildman–Crippen MR) is 76.7 cm³/mol. The molecular formula is C15H20N2O3. The highest BCUT2D eigenvalue weighted by Crippen LogP contribution is 2.22. The van der Waals surface area contributed by atoms with E-state index in [1.54, 1.807) is 0 Å². The van der Waals surface area contributed by atoms with Crippen LogP contribution >= 0.6 is 0 Å². The Bertz CT molecular complexity index is 528. The molecule has 0 aromatic heterocycles. The molecule has 0 radical (unpaired) electrons. The third-order valence-electron chi connectivity index (χ3n) is 3.60. The van der Waals surface area contributed by atoms with E-state index < -0.39 is 12.1 Å². The maximum Gasteiger partial charge on any atom is 0.410 e. The van der Waals surface area contributed by atoms with Crippen LogP contribution in [0, 0.1) is 13.8 Å². The predicted octanol–water partition coefficient (Wildman–Crippen LogP) is 2.47. The zero-order valence-corrected chi connectivity index (χ0v) is 12.1. The smallest absolute Gasteiger partial charge is 0.410 e. The van der Waals surface area contributed by atoms with Crippen molar-refractivity contribution in [3.8, 4) is 0 Å². The first-order valence-corrected chi connectivity index (χ1v) is 6.75. The van der Waals surface area contributed by atoms with Gasteiger partial charge in [0, 0.05) is 12.2 Å². The van der Waals surface area contributed by atoms with Gasteiger partial charge < -0.3 is 10.1 Å². The van der Waals surface area contributed by atoms with Gasteiger partial charge in [0.2, 0.25) is 5.91 Å². The van der Waals surface area contributed by atoms with E-state index in [4.69, 9.17) is 4.74 Å². The quantitative estimate of drug-likeness (QED) is 0.902. The Labute approximate surface area is 118 Å². The SMILES string of the molecule is COC(=O)N1CCCC1C(=O)Nc1ccc(C)cc1C. The highest BCUT2D eigenvalue weighted by Gasteiger charge is 2.34. The summed E-state index contributed by atoms with van der Waals surface area (Å²) in [5, 5.41) is 2.90. The molecular weight excluding hydrogens is 256 g/mol. The number of carbonyl (C=O) groups is 2. The van der Waals surface area contributed by atoms with E-state index in [0.29, 0.717) is 13.0 Å². The number of anilines is 1. The molecule has 5 nitrogen and oxygen atoms in total. The number of likely N-dealkylation sites (tertiary alicyclic amines) is 1. The minimum atomic E-state index is -0.442. The Morgan fingerprint density at radius 1 is 1.35 bits per heavy atom. The number of hydrogen-bond acceptors (Lipinski definition) is 3. The number of ether oxygens (including phenoxy) is 1. The molecule has 1 unspecified atom stereocenters. The van der Waals surface area contributed by atoms with E-state index in [9.17, 15) is 9.59 Å². The lowest BCUT2D eigenvalue weighted by molar-refractivity contribution is -0.119. The fraction of sp³-hybridized carbons (Fsp3) is 0.467. The fourth-order valence-corrected chi connectivity index (χ4v) is 2.54. The highest BCUT2D eigenvalue weighted by molar-refractivity contribution is 5.97. The lowest BCUT2D eigenvalue weighted by Crippen LogP contribution is -2.43. The second kappa shape index (κ2) is 5.94. The molecule has 5 heteroatoms. The topological polar surface area (TPSA) is 58.6 Å². The van der Waals surface area contributed by atoms with Crippen molar-refractivity contribution in [2.24, 2.45) is 0 Å². The van der Waals surface area contributed by atoms with Gasteiger partial charge in [-0.2, -0.15) is 0 Å². The molecule has 2 rings (SSSR count). The lowest BCUT2D eigenvalue weighted by Gasteiger charge is -2.22. The molecule has 0 bridgehead atoms. The van der Waals surface area contributed by atoms with Crippen LogP contribution in [0.15, 0.2) is 18.2 Å². The number of nitrogens with zero attached hydrogens (tertiary/aromatic N) is 1. The molecule has 1 aliphatic heterocycles. The number of hydrogen-bond donors (Lipinski definition) is 1. The number of rotatable bonds is 2. The van der Waals surface area contributed by atoms with E-state index in [2.05, 4.69) is 5.32 Å². The summed E-state index contributed by atoms with van der Waals surface area (Å²) in [5.74, 6) is -0.153. The van der Waals surface area contributed by atoms with Crippen molar-refractivity contribution in [3.63, 3.8) is 0 Å². The molecule has 1 fully saturated rings. The van der Waals surface area contributed by atoms with E-state index in [1.165, 1.54) is 12.0 Å². The van der Waals surface area contributed by atoms with E-state index in [1.807, 2.05) is 32.0 Å². The summed E-state index contributed by atoms with van der Waals surface area (Å²) in [5.41, 5.74) is 2.95. The van der Waals surface area contributed by atoms with E-state index in [-0.39, 0.29) is 5.91 Å². The van der Waals surface area contributed by atoms with Crippen molar-refractivity contribution in [1.82, 2.24) is 4.90 Å². The number of benzene rings is 1. The van der Waals surface area contributed by atoms with Gasteiger partial charge in [-0.15, -0.1) is 0 Å². The van der Waals surface area contributed by atoms with Crippen molar-refractivity contribution >= 4 is 17.7 Å².